The van der Waals surface area contributed by atoms with Gasteiger partial charge in [0.05, 0.1) is 0 Å². The quantitative estimate of drug-likeness (QED) is 0.237. The summed E-state index contributed by atoms with van der Waals surface area (Å²) in [6.07, 6.45) is 0. The number of hydrogen-bond donors (Lipinski definition) is 0. The molecule has 0 aromatic heterocycles. The molecular formula is C3H12Br6Zn3. The molecule has 0 aliphatic heterocycles. The van der Waals surface area contributed by atoms with Crippen LogP contribution >= 0.6 is 81.7 Å². The first kappa shape index (κ1) is 36.0. The summed E-state index contributed by atoms with van der Waals surface area (Å²) in [6.45, 7) is 0. The monoisotopic (exact) mass is 713 g/mol. The van der Waals surface area contributed by atoms with Crippen molar-refractivity contribution >= 4 is 81.7 Å². The maximum absolute atomic E-state index is 3.25. The summed E-state index contributed by atoms with van der Waals surface area (Å²) in [5, 5.41) is 0. The average Bonchev–Trinajstić information content (AvgIpc) is 1.70. The molecule has 0 aliphatic carbocycles. The molecule has 0 fully saturated rings. The van der Waals surface area contributed by atoms with Gasteiger partial charge in [-0.1, -0.05) is 22.3 Å². The number of hydrogen-bond acceptors (Lipinski definition) is 0. The molecule has 72 valence electrons. The Labute approximate surface area is 140 Å². The van der Waals surface area contributed by atoms with Gasteiger partial charge in [0.1, 0.15) is 0 Å². The van der Waals surface area contributed by atoms with Crippen LogP contribution in [0.15, 0.2) is 0 Å². The molecule has 0 amide bonds. The normalized spacial score (nSPS) is 2.50. The van der Waals surface area contributed by atoms with Gasteiger partial charge in [0, 0.05) is 0 Å². The van der Waals surface area contributed by atoms with Gasteiger partial charge in [-0.3, -0.25) is 0 Å². The van der Waals surface area contributed by atoms with Gasteiger partial charge in [-0.05, 0) is 0 Å². The zero-order valence-corrected chi connectivity index (χ0v) is 22.8. The van der Waals surface area contributed by atoms with Crippen molar-refractivity contribution < 1.29 is 39.6 Å². The molecule has 0 nitrogen and oxygen atoms in total. The molecule has 0 saturated heterocycles. The van der Waals surface area contributed by atoms with E-state index in [0.717, 1.165) is 0 Å². The predicted molar refractivity (Wildman–Crippen MR) is 73.8 cm³/mol. The fourth-order valence-electron chi connectivity index (χ4n) is 0. The molecule has 0 atom stereocenters. The minimum absolute atomic E-state index is 0. The molecule has 0 aromatic rings. The topological polar surface area (TPSA) is 0 Å². The second kappa shape index (κ2) is 57.1. The molecule has 0 rings (SSSR count). The van der Waals surface area contributed by atoms with Crippen molar-refractivity contribution in [3.63, 3.8) is 0 Å². The van der Waals surface area contributed by atoms with Crippen LogP contribution in [0.3, 0.4) is 0 Å². The minimum atomic E-state index is -0.250. The Morgan fingerprint density at radius 2 is 0.417 bits per heavy atom. The first-order valence-corrected chi connectivity index (χ1v) is 43.3. The van der Waals surface area contributed by atoms with Crippen molar-refractivity contribution in [2.45, 2.75) is 22.3 Å². The van der Waals surface area contributed by atoms with Gasteiger partial charge >= 0.3 is 121 Å². The summed E-state index contributed by atoms with van der Waals surface area (Å²) in [6, 6.07) is 0. The van der Waals surface area contributed by atoms with E-state index in [1.807, 2.05) is 0 Å². The Hall–Kier alpha value is 4.75. The molecule has 0 aromatic carbocycles. The Balaban J connectivity index is -0.00000001000. The molecule has 0 aliphatic rings. The van der Waals surface area contributed by atoms with E-state index in [2.05, 4.69) is 81.7 Å². The summed E-state index contributed by atoms with van der Waals surface area (Å²) in [4.78, 5) is 0. The molecule has 9 heteroatoms. The first-order valence-electron chi connectivity index (χ1n) is 1.60. The van der Waals surface area contributed by atoms with Crippen molar-refractivity contribution in [3.05, 3.63) is 0 Å². The molecule has 12 heavy (non-hydrogen) atoms. The van der Waals surface area contributed by atoms with Crippen molar-refractivity contribution in [1.29, 1.82) is 0 Å². The van der Waals surface area contributed by atoms with Crippen LogP contribution in [-0.2, 0) is 39.6 Å². The van der Waals surface area contributed by atoms with E-state index in [1.54, 1.807) is 0 Å². The number of halogens is 6. The zero-order valence-electron chi connectivity index (χ0n) is 4.39. The SMILES string of the molecule is C.C.C.[Br][Zn][Br].[Br][Zn][Br].[Br][Zn][Br]. The Bertz CT molecular complexity index is 22.8. The van der Waals surface area contributed by atoms with Gasteiger partial charge in [0.2, 0.25) is 0 Å². The summed E-state index contributed by atoms with van der Waals surface area (Å²) < 4.78 is 0. The van der Waals surface area contributed by atoms with Crippen LogP contribution < -0.4 is 0 Å². The molecule has 0 unspecified atom stereocenters. The van der Waals surface area contributed by atoms with Gasteiger partial charge in [0.15, 0.2) is 0 Å². The van der Waals surface area contributed by atoms with E-state index in [-0.39, 0.29) is 61.9 Å². The van der Waals surface area contributed by atoms with Gasteiger partial charge in [-0.2, -0.15) is 0 Å². The maximum atomic E-state index is 3.25. The Morgan fingerprint density at radius 1 is 0.417 bits per heavy atom. The number of rotatable bonds is 0. The fourth-order valence-corrected chi connectivity index (χ4v) is 0. The average molecular weight is 724 g/mol. The van der Waals surface area contributed by atoms with Crippen LogP contribution in [0.4, 0.5) is 0 Å². The van der Waals surface area contributed by atoms with Crippen LogP contribution in [0.25, 0.3) is 0 Å². The van der Waals surface area contributed by atoms with E-state index in [4.69, 9.17) is 0 Å². The molecule has 0 bridgehead atoms. The van der Waals surface area contributed by atoms with Crippen molar-refractivity contribution in [2.24, 2.45) is 0 Å². The molecule has 0 spiro atoms. The summed E-state index contributed by atoms with van der Waals surface area (Å²) >= 11 is 18.8. The van der Waals surface area contributed by atoms with Crippen LogP contribution in [0.2, 0.25) is 0 Å². The Morgan fingerprint density at radius 3 is 0.417 bits per heavy atom. The van der Waals surface area contributed by atoms with E-state index >= 15 is 0 Å². The van der Waals surface area contributed by atoms with Crippen LogP contribution in [0, 0.1) is 0 Å². The summed E-state index contributed by atoms with van der Waals surface area (Å²) in [5.74, 6) is 0. The fraction of sp³-hybridized carbons (Fsp3) is 1.00. The van der Waals surface area contributed by atoms with Crippen molar-refractivity contribution in [3.8, 4) is 0 Å². The third kappa shape index (κ3) is 124. The standard InChI is InChI=1S/3CH4.6BrH.3Zn/h3*1H4;6*1H;;;/q;;;;;;;;;3*+2/p-6. The summed E-state index contributed by atoms with van der Waals surface area (Å²) in [7, 11) is 0. The van der Waals surface area contributed by atoms with Crippen molar-refractivity contribution in [2.75, 3.05) is 0 Å². The molecule has 0 N–H and O–H groups in total. The predicted octanol–water partition coefficient (Wildman–Crippen LogP) is 6.97. The molecular weight excluding hydrogens is 712 g/mol. The van der Waals surface area contributed by atoms with Gasteiger partial charge in [0.25, 0.3) is 0 Å². The first-order chi connectivity index (χ1) is 4.24. The molecule has 0 saturated carbocycles. The van der Waals surface area contributed by atoms with Gasteiger partial charge in [-0.25, -0.2) is 0 Å². The zero-order chi connectivity index (χ0) is 8.12. The third-order valence-electron chi connectivity index (χ3n) is 0. The van der Waals surface area contributed by atoms with Crippen LogP contribution in [-0.4, -0.2) is 0 Å². The van der Waals surface area contributed by atoms with Crippen molar-refractivity contribution in [1.82, 2.24) is 0 Å². The molecule has 0 radical (unpaired) electrons. The van der Waals surface area contributed by atoms with E-state index < -0.39 is 0 Å². The second-order valence-corrected chi connectivity index (χ2v) is 42.5. The third-order valence-corrected chi connectivity index (χ3v) is 0. The van der Waals surface area contributed by atoms with E-state index in [9.17, 15) is 0 Å². The van der Waals surface area contributed by atoms with Gasteiger partial charge < -0.3 is 0 Å². The Kier molecular flexibility index (Phi) is 171. The van der Waals surface area contributed by atoms with Gasteiger partial charge in [-0.15, -0.1) is 0 Å². The van der Waals surface area contributed by atoms with E-state index in [0.29, 0.717) is 0 Å². The van der Waals surface area contributed by atoms with Crippen LogP contribution in [0.5, 0.6) is 0 Å². The van der Waals surface area contributed by atoms with Crippen LogP contribution in [0.1, 0.15) is 22.3 Å². The second-order valence-electron chi connectivity index (χ2n) is 0.303. The van der Waals surface area contributed by atoms with E-state index in [1.165, 1.54) is 0 Å². The molecule has 0 heterocycles. The summed E-state index contributed by atoms with van der Waals surface area (Å²) in [5.41, 5.74) is 0.